The van der Waals surface area contributed by atoms with Crippen LogP contribution in [0.5, 0.6) is 0 Å². The number of nitrogens with zero attached hydrogens (tertiary/aromatic N) is 3. The zero-order valence-electron chi connectivity index (χ0n) is 14.6. The van der Waals surface area contributed by atoms with E-state index in [0.717, 1.165) is 24.8 Å². The molecule has 2 rings (SSSR count). The highest BCUT2D eigenvalue weighted by Crippen LogP contribution is 2.13. The fraction of sp³-hybridized carbons (Fsp3) is 0.444. The maximum absolute atomic E-state index is 11.9. The van der Waals surface area contributed by atoms with E-state index in [9.17, 15) is 14.9 Å². The molecule has 0 radical (unpaired) electrons. The van der Waals surface area contributed by atoms with Gasteiger partial charge in [-0.1, -0.05) is 37.6 Å². The number of aryl methyl sites for hydroxylation is 2. The third kappa shape index (κ3) is 5.41. The molecule has 0 saturated carbocycles. The molecule has 2 aromatic rings. The number of ether oxygens (including phenoxy) is 1. The van der Waals surface area contributed by atoms with E-state index < -0.39 is 4.92 Å². The number of esters is 1. The molecule has 0 aliphatic heterocycles. The number of unbranched alkanes of at least 4 members (excludes halogenated alkanes) is 1. The van der Waals surface area contributed by atoms with Crippen LogP contribution in [0.3, 0.4) is 0 Å². The molecule has 7 nitrogen and oxygen atoms in total. The van der Waals surface area contributed by atoms with Crippen molar-refractivity contribution in [2.24, 2.45) is 0 Å². The van der Waals surface area contributed by atoms with Gasteiger partial charge in [0.2, 0.25) is 0 Å². The highest BCUT2D eigenvalue weighted by Gasteiger charge is 2.17. The molecule has 0 amide bonds. The summed E-state index contributed by atoms with van der Waals surface area (Å²) in [6.45, 7) is 4.12. The molecule has 0 fully saturated rings. The van der Waals surface area contributed by atoms with E-state index in [1.165, 1.54) is 16.3 Å². The molecule has 0 bridgehead atoms. The largest absolute Gasteiger partial charge is 0.461 e. The second kappa shape index (κ2) is 8.96. The van der Waals surface area contributed by atoms with Crippen molar-refractivity contribution in [3.8, 4) is 0 Å². The zero-order valence-corrected chi connectivity index (χ0v) is 14.6. The number of hydrogen-bond acceptors (Lipinski definition) is 5. The molecule has 0 atom stereocenters. The van der Waals surface area contributed by atoms with Crippen LogP contribution >= 0.6 is 0 Å². The summed E-state index contributed by atoms with van der Waals surface area (Å²) in [5.41, 5.74) is 2.16. The predicted octanol–water partition coefficient (Wildman–Crippen LogP) is 3.23. The molecule has 7 heteroatoms. The Morgan fingerprint density at radius 1 is 1.28 bits per heavy atom. The van der Waals surface area contributed by atoms with Gasteiger partial charge in [-0.15, -0.1) is 0 Å². The molecule has 0 aliphatic carbocycles. The number of carbonyl (C=O) groups is 1. The molecule has 1 aromatic carbocycles. The SMILES string of the molecule is CCCCc1ccc(CC(=O)OCCn2c([N+](=O)[O-])cnc2C)cc1. The van der Waals surface area contributed by atoms with Crippen molar-refractivity contribution in [3.05, 3.63) is 57.5 Å². The van der Waals surface area contributed by atoms with Gasteiger partial charge in [0.15, 0.2) is 5.82 Å². The number of carbonyl (C=O) groups excluding carboxylic acids is 1. The number of rotatable bonds is 9. The minimum atomic E-state index is -0.498. The molecule has 0 N–H and O–H groups in total. The second-order valence-corrected chi connectivity index (χ2v) is 5.89. The molecule has 25 heavy (non-hydrogen) atoms. The van der Waals surface area contributed by atoms with Crippen LogP contribution in [0, 0.1) is 17.0 Å². The summed E-state index contributed by atoms with van der Waals surface area (Å²) in [6, 6.07) is 7.96. The minimum Gasteiger partial charge on any atom is -0.461 e. The van der Waals surface area contributed by atoms with Crippen molar-refractivity contribution in [1.29, 1.82) is 0 Å². The van der Waals surface area contributed by atoms with Crippen LogP contribution in [0.4, 0.5) is 5.82 Å². The summed E-state index contributed by atoms with van der Waals surface area (Å²) in [5.74, 6) is 0.0726. The van der Waals surface area contributed by atoms with Crippen molar-refractivity contribution in [2.45, 2.75) is 46.1 Å². The maximum Gasteiger partial charge on any atom is 0.342 e. The van der Waals surface area contributed by atoms with Crippen LogP contribution in [0.2, 0.25) is 0 Å². The van der Waals surface area contributed by atoms with Gasteiger partial charge in [0.1, 0.15) is 19.3 Å². The lowest BCUT2D eigenvalue weighted by atomic mass is 10.1. The van der Waals surface area contributed by atoms with Gasteiger partial charge in [-0.2, -0.15) is 0 Å². The fourth-order valence-corrected chi connectivity index (χ4v) is 2.55. The first kappa shape index (κ1) is 18.6. The van der Waals surface area contributed by atoms with Gasteiger partial charge in [0.05, 0.1) is 6.42 Å². The first-order valence-corrected chi connectivity index (χ1v) is 8.41. The molecule has 0 unspecified atom stereocenters. The molecular weight excluding hydrogens is 322 g/mol. The first-order valence-electron chi connectivity index (χ1n) is 8.41. The van der Waals surface area contributed by atoms with E-state index in [1.807, 2.05) is 24.3 Å². The number of benzene rings is 1. The zero-order chi connectivity index (χ0) is 18.2. The quantitative estimate of drug-likeness (QED) is 0.395. The Balaban J connectivity index is 1.81. The monoisotopic (exact) mass is 345 g/mol. The van der Waals surface area contributed by atoms with Gasteiger partial charge in [-0.25, -0.2) is 9.55 Å². The Hall–Kier alpha value is -2.70. The minimum absolute atomic E-state index is 0.0749. The van der Waals surface area contributed by atoms with E-state index in [0.29, 0.717) is 5.82 Å². The average molecular weight is 345 g/mol. The Morgan fingerprint density at radius 3 is 2.60 bits per heavy atom. The van der Waals surface area contributed by atoms with Gasteiger partial charge in [-0.05, 0) is 28.9 Å². The fourth-order valence-electron chi connectivity index (χ4n) is 2.55. The molecule has 0 saturated heterocycles. The van der Waals surface area contributed by atoms with Gasteiger partial charge in [0, 0.05) is 6.92 Å². The van der Waals surface area contributed by atoms with E-state index in [2.05, 4.69) is 11.9 Å². The summed E-state index contributed by atoms with van der Waals surface area (Å²) in [7, 11) is 0. The van der Waals surface area contributed by atoms with Gasteiger partial charge < -0.3 is 14.9 Å². The highest BCUT2D eigenvalue weighted by atomic mass is 16.6. The standard InChI is InChI=1S/C18H23N3O4/c1-3-4-5-15-6-8-16(9-7-15)12-18(22)25-11-10-20-14(2)19-13-17(20)21(23)24/h6-9,13H,3-5,10-12H2,1-2H3. The topological polar surface area (TPSA) is 87.3 Å². The lowest BCUT2D eigenvalue weighted by molar-refractivity contribution is -0.392. The smallest absolute Gasteiger partial charge is 0.342 e. The molecule has 0 spiro atoms. The first-order chi connectivity index (χ1) is 12.0. The Kier molecular flexibility index (Phi) is 6.68. The van der Waals surface area contributed by atoms with E-state index in [4.69, 9.17) is 4.74 Å². The summed E-state index contributed by atoms with van der Waals surface area (Å²) in [4.78, 5) is 26.2. The number of nitro groups is 1. The predicted molar refractivity (Wildman–Crippen MR) is 93.3 cm³/mol. The highest BCUT2D eigenvalue weighted by molar-refractivity contribution is 5.72. The van der Waals surface area contributed by atoms with E-state index >= 15 is 0 Å². The lowest BCUT2D eigenvalue weighted by Crippen LogP contribution is -2.15. The Labute approximate surface area is 146 Å². The van der Waals surface area contributed by atoms with Gasteiger partial charge >= 0.3 is 11.8 Å². The van der Waals surface area contributed by atoms with Crippen LogP contribution < -0.4 is 0 Å². The summed E-state index contributed by atoms with van der Waals surface area (Å²) in [6.07, 6.45) is 4.75. The van der Waals surface area contributed by atoms with E-state index in [1.54, 1.807) is 6.92 Å². The van der Waals surface area contributed by atoms with Gasteiger partial charge in [-0.3, -0.25) is 4.79 Å². The average Bonchev–Trinajstić information content (AvgIpc) is 2.95. The molecular formula is C18H23N3O4. The number of aromatic nitrogens is 2. The van der Waals surface area contributed by atoms with E-state index in [-0.39, 0.29) is 31.4 Å². The Morgan fingerprint density at radius 2 is 1.96 bits per heavy atom. The Bertz CT molecular complexity index is 722. The molecule has 0 aliphatic rings. The maximum atomic E-state index is 11.9. The third-order valence-corrected chi connectivity index (χ3v) is 3.99. The lowest BCUT2D eigenvalue weighted by Gasteiger charge is -2.06. The second-order valence-electron chi connectivity index (χ2n) is 5.89. The number of hydrogen-bond donors (Lipinski definition) is 0. The summed E-state index contributed by atoms with van der Waals surface area (Å²) >= 11 is 0. The van der Waals surface area contributed by atoms with Crippen molar-refractivity contribution < 1.29 is 14.5 Å². The van der Waals surface area contributed by atoms with Crippen molar-refractivity contribution >= 4 is 11.8 Å². The molecule has 1 heterocycles. The van der Waals surface area contributed by atoms with Crippen molar-refractivity contribution in [2.75, 3.05) is 6.61 Å². The van der Waals surface area contributed by atoms with Crippen LogP contribution in [0.15, 0.2) is 30.5 Å². The molecule has 134 valence electrons. The van der Waals surface area contributed by atoms with Crippen LogP contribution in [0.25, 0.3) is 0 Å². The third-order valence-electron chi connectivity index (χ3n) is 3.99. The van der Waals surface area contributed by atoms with Crippen LogP contribution in [-0.2, 0) is 28.9 Å². The molecule has 1 aromatic heterocycles. The van der Waals surface area contributed by atoms with Gasteiger partial charge in [0.25, 0.3) is 0 Å². The number of imidazole rings is 1. The van der Waals surface area contributed by atoms with Crippen LogP contribution in [0.1, 0.15) is 36.7 Å². The van der Waals surface area contributed by atoms with Crippen molar-refractivity contribution in [3.63, 3.8) is 0 Å². The summed E-state index contributed by atoms with van der Waals surface area (Å²) in [5, 5.41) is 10.9. The van der Waals surface area contributed by atoms with Crippen molar-refractivity contribution in [1.82, 2.24) is 9.55 Å². The normalized spacial score (nSPS) is 10.6. The van der Waals surface area contributed by atoms with Crippen LogP contribution in [-0.4, -0.2) is 27.1 Å². The summed E-state index contributed by atoms with van der Waals surface area (Å²) < 4.78 is 6.62.